The minimum absolute atomic E-state index is 0.337. The third-order valence-electron chi connectivity index (χ3n) is 4.25. The number of nitrogens with two attached hydrogens (primary N) is 2. The van der Waals surface area contributed by atoms with Gasteiger partial charge in [-0.3, -0.25) is 4.79 Å². The van der Waals surface area contributed by atoms with Crippen molar-refractivity contribution in [1.29, 1.82) is 0 Å². The first-order valence-electron chi connectivity index (χ1n) is 7.41. The summed E-state index contributed by atoms with van der Waals surface area (Å²) in [6.07, 6.45) is 6.46. The number of amides is 1. The quantitative estimate of drug-likeness (QED) is 0.812. The van der Waals surface area contributed by atoms with Crippen molar-refractivity contribution < 1.29 is 9.53 Å². The molecule has 1 saturated carbocycles. The highest BCUT2D eigenvalue weighted by Gasteiger charge is 2.24. The lowest BCUT2D eigenvalue weighted by Gasteiger charge is -2.31. The summed E-state index contributed by atoms with van der Waals surface area (Å²) in [6, 6.07) is 5.16. The molecule has 0 saturated heterocycles. The molecular formula is C16H24N2O2. The van der Waals surface area contributed by atoms with Crippen LogP contribution in [0.5, 0.6) is 0 Å². The van der Waals surface area contributed by atoms with E-state index in [1.54, 1.807) is 12.1 Å². The van der Waals surface area contributed by atoms with E-state index in [9.17, 15) is 4.79 Å². The van der Waals surface area contributed by atoms with E-state index in [-0.39, 0.29) is 0 Å². The van der Waals surface area contributed by atoms with Crippen molar-refractivity contribution in [2.24, 2.45) is 11.7 Å². The molecule has 0 bridgehead atoms. The highest BCUT2D eigenvalue weighted by atomic mass is 16.5. The molecule has 2 unspecified atom stereocenters. The van der Waals surface area contributed by atoms with Gasteiger partial charge in [0.25, 0.3) is 0 Å². The maximum absolute atomic E-state index is 11.1. The van der Waals surface area contributed by atoms with E-state index in [1.165, 1.54) is 25.7 Å². The lowest BCUT2D eigenvalue weighted by atomic mass is 9.85. The first-order valence-corrected chi connectivity index (χ1v) is 7.41. The molecule has 1 aliphatic carbocycles. The van der Waals surface area contributed by atoms with Gasteiger partial charge in [-0.1, -0.05) is 32.3 Å². The van der Waals surface area contributed by atoms with Gasteiger partial charge in [0, 0.05) is 16.8 Å². The summed E-state index contributed by atoms with van der Waals surface area (Å²) in [6.45, 7) is 2.73. The van der Waals surface area contributed by atoms with Gasteiger partial charge in [0.2, 0.25) is 5.91 Å². The molecule has 0 spiro atoms. The van der Waals surface area contributed by atoms with Gasteiger partial charge in [0.05, 0.1) is 12.7 Å². The van der Waals surface area contributed by atoms with E-state index < -0.39 is 5.91 Å². The van der Waals surface area contributed by atoms with Crippen LogP contribution in [0.3, 0.4) is 0 Å². The zero-order valence-electron chi connectivity index (χ0n) is 12.1. The topological polar surface area (TPSA) is 78.3 Å². The lowest BCUT2D eigenvalue weighted by Crippen LogP contribution is -2.27. The van der Waals surface area contributed by atoms with Crippen molar-refractivity contribution in [2.75, 3.05) is 5.73 Å². The number of ether oxygens (including phenoxy) is 1. The number of hydrogen-bond acceptors (Lipinski definition) is 3. The molecule has 1 fully saturated rings. The van der Waals surface area contributed by atoms with Gasteiger partial charge in [0.1, 0.15) is 0 Å². The number of nitrogen functional groups attached to an aromatic ring is 1. The first kappa shape index (κ1) is 14.9. The van der Waals surface area contributed by atoms with E-state index in [0.29, 0.717) is 29.9 Å². The molecule has 4 heteroatoms. The minimum Gasteiger partial charge on any atom is -0.398 e. The number of hydrogen-bond donors (Lipinski definition) is 2. The molecule has 0 heterocycles. The maximum Gasteiger partial charge on any atom is 0.248 e. The van der Waals surface area contributed by atoms with Gasteiger partial charge in [-0.05, 0) is 30.9 Å². The van der Waals surface area contributed by atoms with Crippen LogP contribution in [0.15, 0.2) is 18.2 Å². The Kier molecular flexibility index (Phi) is 5.01. The summed E-state index contributed by atoms with van der Waals surface area (Å²) in [4.78, 5) is 11.1. The second-order valence-electron chi connectivity index (χ2n) is 5.58. The highest BCUT2D eigenvalue weighted by molar-refractivity contribution is 5.93. The van der Waals surface area contributed by atoms with Crippen LogP contribution in [-0.4, -0.2) is 12.0 Å². The molecule has 0 aromatic heterocycles. The van der Waals surface area contributed by atoms with Crippen molar-refractivity contribution in [1.82, 2.24) is 0 Å². The summed E-state index contributed by atoms with van der Waals surface area (Å²) in [5, 5.41) is 0. The Morgan fingerprint density at radius 1 is 1.35 bits per heavy atom. The van der Waals surface area contributed by atoms with Crippen molar-refractivity contribution in [3.05, 3.63) is 29.3 Å². The van der Waals surface area contributed by atoms with Crippen LogP contribution in [0.1, 0.15) is 54.9 Å². The second kappa shape index (κ2) is 6.75. The average Bonchev–Trinajstić information content (AvgIpc) is 2.46. The van der Waals surface area contributed by atoms with Crippen LogP contribution in [0.2, 0.25) is 0 Å². The maximum atomic E-state index is 11.1. The SMILES string of the molecule is CCC1CCCCC1OCc1ccc(C(N)=O)cc1N. The van der Waals surface area contributed by atoms with Crippen molar-refractivity contribution in [3.8, 4) is 0 Å². The number of anilines is 1. The van der Waals surface area contributed by atoms with Crippen LogP contribution < -0.4 is 11.5 Å². The predicted octanol–water partition coefficient (Wildman–Crippen LogP) is 2.85. The second-order valence-corrected chi connectivity index (χ2v) is 5.58. The molecule has 2 atom stereocenters. The predicted molar refractivity (Wildman–Crippen MR) is 80.2 cm³/mol. The number of benzene rings is 1. The number of carbonyl (C=O) groups is 1. The third kappa shape index (κ3) is 3.51. The Morgan fingerprint density at radius 2 is 2.10 bits per heavy atom. The Bertz CT molecular complexity index is 474. The molecule has 20 heavy (non-hydrogen) atoms. The molecule has 2 rings (SSSR count). The van der Waals surface area contributed by atoms with E-state index in [0.717, 1.165) is 12.0 Å². The van der Waals surface area contributed by atoms with Crippen molar-refractivity contribution in [3.63, 3.8) is 0 Å². The Balaban J connectivity index is 1.98. The normalized spacial score (nSPS) is 22.6. The van der Waals surface area contributed by atoms with Crippen LogP contribution in [-0.2, 0) is 11.3 Å². The van der Waals surface area contributed by atoms with Gasteiger partial charge >= 0.3 is 0 Å². The molecule has 1 aliphatic rings. The van der Waals surface area contributed by atoms with Crippen molar-refractivity contribution in [2.45, 2.75) is 51.7 Å². The van der Waals surface area contributed by atoms with Crippen LogP contribution >= 0.6 is 0 Å². The fourth-order valence-corrected chi connectivity index (χ4v) is 2.94. The van der Waals surface area contributed by atoms with Crippen LogP contribution in [0.25, 0.3) is 0 Å². The van der Waals surface area contributed by atoms with Gasteiger partial charge in [-0.25, -0.2) is 0 Å². The molecule has 0 radical (unpaired) electrons. The molecule has 1 aromatic rings. The first-order chi connectivity index (χ1) is 9.61. The third-order valence-corrected chi connectivity index (χ3v) is 4.25. The van der Waals surface area contributed by atoms with Crippen molar-refractivity contribution >= 4 is 11.6 Å². The molecular weight excluding hydrogens is 252 g/mol. The Hall–Kier alpha value is -1.55. The van der Waals surface area contributed by atoms with E-state index in [4.69, 9.17) is 16.2 Å². The van der Waals surface area contributed by atoms with Crippen LogP contribution in [0, 0.1) is 5.92 Å². The summed E-state index contributed by atoms with van der Waals surface area (Å²) < 4.78 is 6.06. The van der Waals surface area contributed by atoms with Crippen LogP contribution in [0.4, 0.5) is 5.69 Å². The molecule has 0 aliphatic heterocycles. The fraction of sp³-hybridized carbons (Fsp3) is 0.562. The summed E-state index contributed by atoms with van der Waals surface area (Å²) in [5.41, 5.74) is 13.1. The number of carbonyl (C=O) groups excluding carboxylic acids is 1. The molecule has 110 valence electrons. The highest BCUT2D eigenvalue weighted by Crippen LogP contribution is 2.30. The number of primary amides is 1. The molecule has 1 amide bonds. The van der Waals surface area contributed by atoms with Gasteiger partial charge in [0.15, 0.2) is 0 Å². The Labute approximate surface area is 120 Å². The summed E-state index contributed by atoms with van der Waals surface area (Å²) in [5.74, 6) is 0.206. The molecule has 1 aromatic carbocycles. The van der Waals surface area contributed by atoms with E-state index in [1.807, 2.05) is 6.07 Å². The fourth-order valence-electron chi connectivity index (χ4n) is 2.94. The van der Waals surface area contributed by atoms with Gasteiger partial charge in [-0.15, -0.1) is 0 Å². The monoisotopic (exact) mass is 276 g/mol. The zero-order chi connectivity index (χ0) is 14.5. The smallest absolute Gasteiger partial charge is 0.248 e. The largest absolute Gasteiger partial charge is 0.398 e. The van der Waals surface area contributed by atoms with Gasteiger partial charge in [-0.2, -0.15) is 0 Å². The summed E-state index contributed by atoms with van der Waals surface area (Å²) in [7, 11) is 0. The van der Waals surface area contributed by atoms with E-state index >= 15 is 0 Å². The lowest BCUT2D eigenvalue weighted by molar-refractivity contribution is -0.0219. The number of rotatable bonds is 5. The zero-order valence-corrected chi connectivity index (χ0v) is 12.1. The average molecular weight is 276 g/mol. The standard InChI is InChI=1S/C16H24N2O2/c1-2-11-5-3-4-6-15(11)20-10-13-8-7-12(16(18)19)9-14(13)17/h7-9,11,15H,2-6,10,17H2,1H3,(H2,18,19). The minimum atomic E-state index is -0.456. The summed E-state index contributed by atoms with van der Waals surface area (Å²) >= 11 is 0. The van der Waals surface area contributed by atoms with Gasteiger partial charge < -0.3 is 16.2 Å². The van der Waals surface area contributed by atoms with E-state index in [2.05, 4.69) is 6.92 Å². The Morgan fingerprint density at radius 3 is 2.75 bits per heavy atom. The molecule has 4 nitrogen and oxygen atoms in total. The molecule has 4 N–H and O–H groups in total.